The van der Waals surface area contributed by atoms with Crippen molar-refractivity contribution in [3.05, 3.63) is 0 Å². The Labute approximate surface area is 221 Å². The lowest BCUT2D eigenvalue weighted by Crippen LogP contribution is -2.56. The quantitative estimate of drug-likeness (QED) is 0.0808. The Morgan fingerprint density at radius 1 is 0.947 bits per heavy atom. The van der Waals surface area contributed by atoms with Gasteiger partial charge in [0.05, 0.1) is 18.7 Å². The number of carbonyl (C=O) groups is 7. The number of amides is 5. The van der Waals surface area contributed by atoms with Crippen molar-refractivity contribution in [2.45, 2.75) is 50.4 Å². The molecule has 5 amide bonds. The van der Waals surface area contributed by atoms with E-state index in [0.717, 1.165) is 11.8 Å². The van der Waals surface area contributed by atoms with E-state index in [0.29, 0.717) is 0 Å². The van der Waals surface area contributed by atoms with Gasteiger partial charge in [-0.25, -0.2) is 4.79 Å². The van der Waals surface area contributed by atoms with Gasteiger partial charge in [0.2, 0.25) is 29.5 Å². The SMILES string of the molecule is C[C@H]1NC(=O)CSC[C@@H](C(=O)O)NC(=O)[C@H](CC(=O)O)NC(=O)CNC(=O)[C@H](CCCN=C(N)N)NC1=O. The molecule has 0 aliphatic carbocycles. The first-order chi connectivity index (χ1) is 17.8. The average molecular weight is 561 g/mol. The molecule has 0 aromatic heterocycles. The third kappa shape index (κ3) is 12.2. The summed E-state index contributed by atoms with van der Waals surface area (Å²) in [7, 11) is 0. The van der Waals surface area contributed by atoms with Crippen LogP contribution in [0, 0.1) is 0 Å². The Morgan fingerprint density at radius 2 is 1.63 bits per heavy atom. The predicted molar refractivity (Wildman–Crippen MR) is 134 cm³/mol. The molecule has 18 heteroatoms. The van der Waals surface area contributed by atoms with E-state index in [4.69, 9.17) is 16.6 Å². The second-order valence-electron chi connectivity index (χ2n) is 8.15. The largest absolute Gasteiger partial charge is 0.481 e. The van der Waals surface area contributed by atoms with Crippen LogP contribution in [0.4, 0.5) is 0 Å². The molecule has 1 aliphatic rings. The van der Waals surface area contributed by atoms with Gasteiger partial charge in [0.15, 0.2) is 5.96 Å². The Kier molecular flexibility index (Phi) is 13.4. The zero-order valence-corrected chi connectivity index (χ0v) is 21.3. The summed E-state index contributed by atoms with van der Waals surface area (Å²) < 4.78 is 0. The van der Waals surface area contributed by atoms with E-state index in [1.165, 1.54) is 6.92 Å². The van der Waals surface area contributed by atoms with E-state index in [9.17, 15) is 38.7 Å². The van der Waals surface area contributed by atoms with Crippen LogP contribution in [-0.4, -0.2) is 106 Å². The number of rotatable bonds is 7. The third-order valence-electron chi connectivity index (χ3n) is 4.93. The maximum atomic E-state index is 12.7. The molecule has 212 valence electrons. The highest BCUT2D eigenvalue weighted by Crippen LogP contribution is 2.06. The van der Waals surface area contributed by atoms with Crippen LogP contribution in [0.5, 0.6) is 0 Å². The number of carbonyl (C=O) groups excluding carboxylic acids is 5. The van der Waals surface area contributed by atoms with Crippen LogP contribution in [0.1, 0.15) is 26.2 Å². The van der Waals surface area contributed by atoms with Crippen LogP contribution in [0.3, 0.4) is 0 Å². The highest BCUT2D eigenvalue weighted by Gasteiger charge is 2.30. The molecule has 0 spiro atoms. The first kappa shape index (κ1) is 31.9. The highest BCUT2D eigenvalue weighted by molar-refractivity contribution is 8.00. The lowest BCUT2D eigenvalue weighted by Gasteiger charge is -2.23. The van der Waals surface area contributed by atoms with E-state index in [-0.39, 0.29) is 36.9 Å². The molecular formula is C20H32N8O9S. The zero-order chi connectivity index (χ0) is 28.8. The highest BCUT2D eigenvalue weighted by atomic mass is 32.2. The normalized spacial score (nSPS) is 24.3. The molecule has 1 rings (SSSR count). The van der Waals surface area contributed by atoms with Crippen molar-refractivity contribution in [1.82, 2.24) is 26.6 Å². The van der Waals surface area contributed by atoms with E-state index in [1.54, 1.807) is 0 Å². The Hall–Kier alpha value is -4.09. The van der Waals surface area contributed by atoms with E-state index >= 15 is 0 Å². The topological polar surface area (TPSA) is 284 Å². The smallest absolute Gasteiger partial charge is 0.327 e. The average Bonchev–Trinajstić information content (AvgIpc) is 2.81. The minimum absolute atomic E-state index is 0.0626. The van der Waals surface area contributed by atoms with Crippen molar-refractivity contribution < 1.29 is 43.8 Å². The molecule has 0 saturated carbocycles. The summed E-state index contributed by atoms with van der Waals surface area (Å²) in [5.74, 6) is -7.71. The van der Waals surface area contributed by atoms with Gasteiger partial charge in [-0.15, -0.1) is 11.8 Å². The molecule has 4 atom stereocenters. The van der Waals surface area contributed by atoms with E-state index < -0.39 is 78.6 Å². The number of aliphatic carboxylic acids is 2. The monoisotopic (exact) mass is 560 g/mol. The number of thioether (sulfide) groups is 1. The van der Waals surface area contributed by atoms with Gasteiger partial charge in [0.1, 0.15) is 24.2 Å². The maximum Gasteiger partial charge on any atom is 0.327 e. The van der Waals surface area contributed by atoms with E-state index in [2.05, 4.69) is 31.6 Å². The zero-order valence-electron chi connectivity index (χ0n) is 20.5. The van der Waals surface area contributed by atoms with Crippen LogP contribution in [0.25, 0.3) is 0 Å². The van der Waals surface area contributed by atoms with Gasteiger partial charge in [-0.2, -0.15) is 0 Å². The fraction of sp³-hybridized carbons (Fsp3) is 0.600. The standard InChI is InChI=1S/C20H32N8O9S/c1-9-16(33)27-10(3-2-4-23-20(21)22)17(34)24-6-13(29)26-11(5-15(31)32)18(35)28-12(19(36)37)7-38-8-14(30)25-9/h9-12H,2-8H2,1H3,(H,24,34)(H,25,30)(H,26,29)(H,27,33)(H,28,35)(H,31,32)(H,36,37)(H4,21,22,23)/t9-,10+,11+,12+/m1/s1. The maximum absolute atomic E-state index is 12.7. The second-order valence-corrected chi connectivity index (χ2v) is 9.18. The number of carboxylic acids is 2. The van der Waals surface area contributed by atoms with Gasteiger partial charge in [-0.3, -0.25) is 33.8 Å². The van der Waals surface area contributed by atoms with Crippen LogP contribution in [0.15, 0.2) is 4.99 Å². The van der Waals surface area contributed by atoms with Gasteiger partial charge in [-0.05, 0) is 19.8 Å². The summed E-state index contributed by atoms with van der Waals surface area (Å²) in [6, 6.07) is -5.37. The van der Waals surface area contributed by atoms with Crippen molar-refractivity contribution in [2.75, 3.05) is 24.6 Å². The fourth-order valence-electron chi connectivity index (χ4n) is 3.05. The van der Waals surface area contributed by atoms with Gasteiger partial charge < -0.3 is 48.3 Å². The number of hydrogen-bond acceptors (Lipinski definition) is 9. The molecule has 1 heterocycles. The molecule has 1 fully saturated rings. The summed E-state index contributed by atoms with van der Waals surface area (Å²) in [6.45, 7) is 0.837. The number of nitrogens with two attached hydrogens (primary N) is 2. The summed E-state index contributed by atoms with van der Waals surface area (Å²) in [5, 5.41) is 29.9. The number of hydrogen-bond donors (Lipinski definition) is 9. The van der Waals surface area contributed by atoms with Gasteiger partial charge in [0, 0.05) is 12.3 Å². The van der Waals surface area contributed by atoms with Crippen LogP contribution >= 0.6 is 11.8 Å². The van der Waals surface area contributed by atoms with Crippen molar-refractivity contribution >= 4 is 59.2 Å². The Morgan fingerprint density at radius 3 is 2.24 bits per heavy atom. The van der Waals surface area contributed by atoms with Crippen LogP contribution < -0.4 is 38.1 Å². The molecule has 0 aromatic carbocycles. The molecule has 0 aromatic rings. The molecule has 11 N–H and O–H groups in total. The van der Waals surface area contributed by atoms with Crippen LogP contribution in [0.2, 0.25) is 0 Å². The molecule has 0 bridgehead atoms. The number of aliphatic imine (C=N–C) groups is 1. The molecule has 1 saturated heterocycles. The first-order valence-corrected chi connectivity index (χ1v) is 12.5. The van der Waals surface area contributed by atoms with Crippen molar-refractivity contribution in [3.8, 4) is 0 Å². The summed E-state index contributed by atoms with van der Waals surface area (Å²) in [5.41, 5.74) is 10.5. The predicted octanol–water partition coefficient (Wildman–Crippen LogP) is -4.58. The third-order valence-corrected chi connectivity index (χ3v) is 5.97. The first-order valence-electron chi connectivity index (χ1n) is 11.3. The number of nitrogens with one attached hydrogen (secondary N) is 5. The van der Waals surface area contributed by atoms with Gasteiger partial charge >= 0.3 is 11.9 Å². The lowest BCUT2D eigenvalue weighted by molar-refractivity contribution is -0.143. The van der Waals surface area contributed by atoms with Crippen molar-refractivity contribution in [1.29, 1.82) is 0 Å². The van der Waals surface area contributed by atoms with E-state index in [1.807, 2.05) is 0 Å². The number of nitrogens with zero attached hydrogens (tertiary/aromatic N) is 1. The van der Waals surface area contributed by atoms with Gasteiger partial charge in [0.25, 0.3) is 0 Å². The Bertz CT molecular complexity index is 957. The minimum Gasteiger partial charge on any atom is -0.481 e. The second kappa shape index (κ2) is 15.9. The molecule has 1 aliphatic heterocycles. The lowest BCUT2D eigenvalue weighted by atomic mass is 10.1. The summed E-state index contributed by atoms with van der Waals surface area (Å²) >= 11 is 0.839. The van der Waals surface area contributed by atoms with Gasteiger partial charge in [-0.1, -0.05) is 0 Å². The van der Waals surface area contributed by atoms with Crippen molar-refractivity contribution in [3.63, 3.8) is 0 Å². The summed E-state index contributed by atoms with van der Waals surface area (Å²) in [6.07, 6.45) is -0.534. The number of carboxylic acid groups (broad SMARTS) is 2. The molecular weight excluding hydrogens is 528 g/mol. The van der Waals surface area contributed by atoms with Crippen molar-refractivity contribution in [2.24, 2.45) is 16.5 Å². The Balaban J connectivity index is 3.12. The fourth-order valence-corrected chi connectivity index (χ4v) is 3.90. The minimum atomic E-state index is -1.65. The molecule has 17 nitrogen and oxygen atoms in total. The molecule has 0 radical (unpaired) electrons. The molecule has 38 heavy (non-hydrogen) atoms. The molecule has 0 unspecified atom stereocenters. The van der Waals surface area contributed by atoms with Crippen LogP contribution in [-0.2, 0) is 33.6 Å². The number of guanidine groups is 1. The summed E-state index contributed by atoms with van der Waals surface area (Å²) in [4.78, 5) is 89.0.